The maximum Gasteiger partial charge on any atom is 0.322 e. The fourth-order valence-corrected chi connectivity index (χ4v) is 5.00. The Bertz CT molecular complexity index is 878. The van der Waals surface area contributed by atoms with Crippen LogP contribution in [0.3, 0.4) is 0 Å². The summed E-state index contributed by atoms with van der Waals surface area (Å²) in [7, 11) is -3.89. The van der Waals surface area contributed by atoms with Gasteiger partial charge in [-0.2, -0.15) is 4.31 Å². The van der Waals surface area contributed by atoms with E-state index in [0.717, 1.165) is 4.31 Å². The van der Waals surface area contributed by atoms with E-state index in [1.54, 1.807) is 24.3 Å². The van der Waals surface area contributed by atoms with Crippen LogP contribution in [0.15, 0.2) is 41.3 Å². The molecule has 24 heavy (non-hydrogen) atoms. The molecule has 6 nitrogen and oxygen atoms in total. The van der Waals surface area contributed by atoms with Gasteiger partial charge in [0.25, 0.3) is 0 Å². The first-order chi connectivity index (χ1) is 11.5. The molecule has 1 fully saturated rings. The van der Waals surface area contributed by atoms with Gasteiger partial charge in [-0.05, 0) is 31.9 Å². The van der Waals surface area contributed by atoms with E-state index in [-0.39, 0.29) is 11.4 Å². The first-order valence-corrected chi connectivity index (χ1v) is 9.30. The van der Waals surface area contributed by atoms with Crippen LogP contribution >= 0.6 is 0 Å². The molecule has 1 saturated heterocycles. The fraction of sp³-hybridized carbons (Fsp3) is 0.353. The monoisotopic (exact) mass is 349 g/mol. The van der Waals surface area contributed by atoms with Crippen molar-refractivity contribution < 1.29 is 23.1 Å². The molecule has 1 N–H and O–H groups in total. The minimum Gasteiger partial charge on any atom is -0.493 e. The summed E-state index contributed by atoms with van der Waals surface area (Å²) in [6, 6.07) is 9.23. The van der Waals surface area contributed by atoms with Gasteiger partial charge in [-0.25, -0.2) is 8.42 Å². The minimum absolute atomic E-state index is 0.120. The molecule has 0 spiro atoms. The summed E-state index contributed by atoms with van der Waals surface area (Å²) in [5.74, 6) is -0.491. The molecule has 0 aliphatic carbocycles. The molecule has 0 aromatic heterocycles. The molecule has 1 aliphatic heterocycles. The predicted octanol–water partition coefficient (Wildman–Crippen LogP) is 2.48. The molecule has 0 saturated carbocycles. The van der Waals surface area contributed by atoms with Crippen molar-refractivity contribution in [2.24, 2.45) is 0 Å². The number of rotatable bonds is 5. The molecule has 1 atom stereocenters. The molecule has 0 bridgehead atoms. The third-order valence-electron chi connectivity index (χ3n) is 4.22. The number of carboxylic acid groups (broad SMARTS) is 1. The van der Waals surface area contributed by atoms with Crippen LogP contribution < -0.4 is 4.74 Å². The SMILES string of the molecule is CCOc1ccc(S(=O)(=O)N2CCC[C@@H]2C(=O)O)c2ccccc12. The number of carboxylic acids is 1. The lowest BCUT2D eigenvalue weighted by molar-refractivity contribution is -0.140. The number of aliphatic carboxylic acids is 1. The zero-order valence-electron chi connectivity index (χ0n) is 13.3. The first kappa shape index (κ1) is 16.7. The maximum atomic E-state index is 13.1. The summed E-state index contributed by atoms with van der Waals surface area (Å²) in [5.41, 5.74) is 0. The molecule has 1 heterocycles. The van der Waals surface area contributed by atoms with Gasteiger partial charge in [0.1, 0.15) is 11.8 Å². The van der Waals surface area contributed by atoms with Gasteiger partial charge in [-0.1, -0.05) is 24.3 Å². The number of fused-ring (bicyclic) bond motifs is 1. The molecule has 0 radical (unpaired) electrons. The van der Waals surface area contributed by atoms with Crippen LogP contribution in [0, 0.1) is 0 Å². The van der Waals surface area contributed by atoms with Crippen molar-refractivity contribution in [2.75, 3.05) is 13.2 Å². The Morgan fingerprint density at radius 1 is 1.25 bits per heavy atom. The molecule has 2 aromatic rings. The number of nitrogens with zero attached hydrogens (tertiary/aromatic N) is 1. The summed E-state index contributed by atoms with van der Waals surface area (Å²) >= 11 is 0. The van der Waals surface area contributed by atoms with Crippen LogP contribution in [0.5, 0.6) is 5.75 Å². The molecule has 2 aromatic carbocycles. The van der Waals surface area contributed by atoms with Crippen molar-refractivity contribution in [3.8, 4) is 5.75 Å². The smallest absolute Gasteiger partial charge is 0.322 e. The van der Waals surface area contributed by atoms with Gasteiger partial charge in [0, 0.05) is 17.3 Å². The van der Waals surface area contributed by atoms with Crippen LogP contribution in [-0.4, -0.2) is 43.0 Å². The second kappa shape index (κ2) is 6.41. The highest BCUT2D eigenvalue weighted by Crippen LogP contribution is 2.34. The highest BCUT2D eigenvalue weighted by atomic mass is 32.2. The van der Waals surface area contributed by atoms with Gasteiger partial charge >= 0.3 is 5.97 Å². The molecule has 128 valence electrons. The van der Waals surface area contributed by atoms with Crippen molar-refractivity contribution in [2.45, 2.75) is 30.7 Å². The van der Waals surface area contributed by atoms with Gasteiger partial charge in [-0.3, -0.25) is 4.79 Å². The van der Waals surface area contributed by atoms with Crippen molar-refractivity contribution in [3.63, 3.8) is 0 Å². The number of benzene rings is 2. The molecule has 0 unspecified atom stereocenters. The molecular formula is C17H19NO5S. The average Bonchev–Trinajstić information content (AvgIpc) is 3.06. The third-order valence-corrected chi connectivity index (χ3v) is 6.19. The summed E-state index contributed by atoms with van der Waals surface area (Å²) in [5, 5.41) is 10.5. The Balaban J connectivity index is 2.15. The number of carbonyl (C=O) groups is 1. The summed E-state index contributed by atoms with van der Waals surface area (Å²) in [4.78, 5) is 11.5. The lowest BCUT2D eigenvalue weighted by atomic mass is 10.1. The average molecular weight is 349 g/mol. The molecule has 1 aliphatic rings. The van der Waals surface area contributed by atoms with Crippen LogP contribution in [0.4, 0.5) is 0 Å². The second-order valence-corrected chi connectivity index (χ2v) is 7.51. The van der Waals surface area contributed by atoms with Gasteiger partial charge < -0.3 is 9.84 Å². The third kappa shape index (κ3) is 2.74. The number of ether oxygens (including phenoxy) is 1. The van der Waals surface area contributed by atoms with Crippen molar-refractivity contribution in [3.05, 3.63) is 36.4 Å². The zero-order valence-corrected chi connectivity index (χ0v) is 14.1. The van der Waals surface area contributed by atoms with Crippen molar-refractivity contribution >= 4 is 26.8 Å². The molecule has 3 rings (SSSR count). The number of hydrogen-bond donors (Lipinski definition) is 1. The van der Waals surface area contributed by atoms with Gasteiger partial charge in [0.05, 0.1) is 11.5 Å². The second-order valence-electron chi connectivity index (χ2n) is 5.65. The van der Waals surface area contributed by atoms with Gasteiger partial charge in [0.2, 0.25) is 10.0 Å². The summed E-state index contributed by atoms with van der Waals surface area (Å²) in [6.07, 6.45) is 0.884. The van der Waals surface area contributed by atoms with Gasteiger partial charge in [0.15, 0.2) is 0 Å². The maximum absolute atomic E-state index is 13.1. The highest BCUT2D eigenvalue weighted by Gasteiger charge is 2.40. The van der Waals surface area contributed by atoms with Crippen LogP contribution in [0.1, 0.15) is 19.8 Å². The number of hydrogen-bond acceptors (Lipinski definition) is 4. The fourth-order valence-electron chi connectivity index (χ4n) is 3.15. The largest absolute Gasteiger partial charge is 0.493 e. The van der Waals surface area contributed by atoms with E-state index in [0.29, 0.717) is 36.0 Å². The predicted molar refractivity (Wildman–Crippen MR) is 89.7 cm³/mol. The van der Waals surface area contributed by atoms with Crippen LogP contribution in [0.25, 0.3) is 10.8 Å². The van der Waals surface area contributed by atoms with E-state index < -0.39 is 22.0 Å². The first-order valence-electron chi connectivity index (χ1n) is 7.86. The Labute approximate surface area is 140 Å². The normalized spacial score (nSPS) is 18.8. The summed E-state index contributed by atoms with van der Waals surface area (Å²) in [6.45, 7) is 2.56. The zero-order chi connectivity index (χ0) is 17.3. The van der Waals surface area contributed by atoms with Crippen LogP contribution in [0.2, 0.25) is 0 Å². The van der Waals surface area contributed by atoms with E-state index in [1.165, 1.54) is 6.07 Å². The van der Waals surface area contributed by atoms with E-state index in [9.17, 15) is 18.3 Å². The lowest BCUT2D eigenvalue weighted by Gasteiger charge is -2.22. The Morgan fingerprint density at radius 2 is 1.96 bits per heavy atom. The van der Waals surface area contributed by atoms with Crippen LogP contribution in [-0.2, 0) is 14.8 Å². The van der Waals surface area contributed by atoms with E-state index in [2.05, 4.69) is 0 Å². The Hall–Kier alpha value is -2.12. The Morgan fingerprint density at radius 3 is 2.62 bits per heavy atom. The van der Waals surface area contributed by atoms with E-state index >= 15 is 0 Å². The lowest BCUT2D eigenvalue weighted by Crippen LogP contribution is -2.40. The number of sulfonamides is 1. The van der Waals surface area contributed by atoms with Gasteiger partial charge in [-0.15, -0.1) is 0 Å². The standard InChI is InChI=1S/C17H19NO5S/c1-2-23-15-9-10-16(13-7-4-3-6-12(13)15)24(21,22)18-11-5-8-14(18)17(19)20/h3-4,6-7,9-10,14H,2,5,8,11H2,1H3,(H,19,20)/t14-/m1/s1. The Kier molecular flexibility index (Phi) is 4.47. The van der Waals surface area contributed by atoms with E-state index in [1.807, 2.05) is 13.0 Å². The van der Waals surface area contributed by atoms with Crippen molar-refractivity contribution in [1.29, 1.82) is 0 Å². The molecule has 7 heteroatoms. The topological polar surface area (TPSA) is 83.9 Å². The molecular weight excluding hydrogens is 330 g/mol. The summed E-state index contributed by atoms with van der Waals surface area (Å²) < 4.78 is 32.8. The van der Waals surface area contributed by atoms with Crippen molar-refractivity contribution in [1.82, 2.24) is 4.31 Å². The highest BCUT2D eigenvalue weighted by molar-refractivity contribution is 7.89. The minimum atomic E-state index is -3.89. The quantitative estimate of drug-likeness (QED) is 0.896. The van der Waals surface area contributed by atoms with E-state index in [4.69, 9.17) is 4.74 Å². The molecule has 0 amide bonds.